The molecule has 0 radical (unpaired) electrons. The molecular weight excluding hydrogens is 440 g/mol. The highest BCUT2D eigenvalue weighted by Gasteiger charge is 2.22. The molecular formula is C23H38N6O5. The van der Waals surface area contributed by atoms with Crippen molar-refractivity contribution >= 4 is 29.1 Å². The van der Waals surface area contributed by atoms with Crippen molar-refractivity contribution in [3.8, 4) is 0 Å². The van der Waals surface area contributed by atoms with Gasteiger partial charge in [-0.15, -0.1) is 0 Å². The third-order valence-corrected chi connectivity index (χ3v) is 5.64. The van der Waals surface area contributed by atoms with Crippen molar-refractivity contribution in [3.63, 3.8) is 0 Å². The molecule has 0 saturated heterocycles. The Kier molecular flexibility index (Phi) is 11.0. The van der Waals surface area contributed by atoms with Crippen molar-refractivity contribution in [1.82, 2.24) is 19.9 Å². The van der Waals surface area contributed by atoms with Crippen LogP contribution in [-0.4, -0.2) is 51.1 Å². The maximum atomic E-state index is 12.2. The Morgan fingerprint density at radius 2 is 1.79 bits per heavy atom. The summed E-state index contributed by atoms with van der Waals surface area (Å²) >= 11 is 0. The molecule has 11 heteroatoms. The van der Waals surface area contributed by atoms with E-state index in [0.29, 0.717) is 25.1 Å². The molecule has 2 heterocycles. The molecule has 0 aromatic carbocycles. The molecule has 0 saturated carbocycles. The van der Waals surface area contributed by atoms with Crippen LogP contribution in [0, 0.1) is 11.8 Å². The standard InChI is InChI=1S/C23H38N6O5/c1-4-5-6-7-8-9-17(30)33-11-10-15(13-34-22(32)18(24)14(2)3)12-16-26-19-20(27-16)28-23(25)29-21(19)31/h14-15,18H,4-13,24H2,1-3H3,(H4,25,26,27,28,29,31)/t15?,18-/m0/s1. The van der Waals surface area contributed by atoms with Crippen LogP contribution in [0.4, 0.5) is 5.95 Å². The number of imidazole rings is 1. The lowest BCUT2D eigenvalue weighted by Gasteiger charge is -2.19. The van der Waals surface area contributed by atoms with Crippen molar-refractivity contribution < 1.29 is 19.1 Å². The van der Waals surface area contributed by atoms with Crippen LogP contribution in [0.5, 0.6) is 0 Å². The highest BCUT2D eigenvalue weighted by atomic mass is 16.5. The first-order valence-electron chi connectivity index (χ1n) is 12.0. The minimum Gasteiger partial charge on any atom is -0.466 e. The molecule has 190 valence electrons. The Morgan fingerprint density at radius 1 is 1.06 bits per heavy atom. The summed E-state index contributed by atoms with van der Waals surface area (Å²) in [5.41, 5.74) is 11.5. The average molecular weight is 479 g/mol. The number of carbonyl (C=O) groups excluding carboxylic acids is 2. The molecule has 34 heavy (non-hydrogen) atoms. The number of fused-ring (bicyclic) bond motifs is 1. The fourth-order valence-electron chi connectivity index (χ4n) is 3.44. The van der Waals surface area contributed by atoms with Crippen molar-refractivity contribution in [1.29, 1.82) is 0 Å². The zero-order valence-corrected chi connectivity index (χ0v) is 20.4. The molecule has 0 bridgehead atoms. The lowest BCUT2D eigenvalue weighted by atomic mass is 10.0. The second-order valence-electron chi connectivity index (χ2n) is 8.98. The van der Waals surface area contributed by atoms with Crippen LogP contribution in [0.3, 0.4) is 0 Å². The molecule has 0 aliphatic carbocycles. The Morgan fingerprint density at radius 3 is 2.50 bits per heavy atom. The summed E-state index contributed by atoms with van der Waals surface area (Å²) in [5, 5.41) is 0. The summed E-state index contributed by atoms with van der Waals surface area (Å²) in [5.74, 6) is -0.510. The number of nitrogens with zero attached hydrogens (tertiary/aromatic N) is 2. The minimum absolute atomic E-state index is 0.0229. The number of rotatable bonds is 15. The average Bonchev–Trinajstić information content (AvgIpc) is 3.19. The Bertz CT molecular complexity index is 986. The molecule has 0 spiro atoms. The van der Waals surface area contributed by atoms with E-state index >= 15 is 0 Å². The molecule has 0 aliphatic rings. The first-order valence-corrected chi connectivity index (χ1v) is 12.0. The van der Waals surface area contributed by atoms with E-state index in [4.69, 9.17) is 20.9 Å². The number of hydrogen-bond acceptors (Lipinski definition) is 9. The fraction of sp³-hybridized carbons (Fsp3) is 0.696. The van der Waals surface area contributed by atoms with Gasteiger partial charge in [-0.3, -0.25) is 19.4 Å². The third kappa shape index (κ3) is 8.77. The van der Waals surface area contributed by atoms with Crippen LogP contribution in [-0.2, 0) is 25.5 Å². The van der Waals surface area contributed by atoms with Gasteiger partial charge < -0.3 is 25.9 Å². The van der Waals surface area contributed by atoms with E-state index < -0.39 is 17.6 Å². The van der Waals surface area contributed by atoms with Gasteiger partial charge in [-0.2, -0.15) is 4.98 Å². The van der Waals surface area contributed by atoms with Crippen molar-refractivity contribution in [2.24, 2.45) is 17.6 Å². The predicted octanol–water partition coefficient (Wildman–Crippen LogP) is 2.21. The smallest absolute Gasteiger partial charge is 0.323 e. The SMILES string of the molecule is CCCCCCCC(=O)OCCC(COC(=O)[C@@H](N)C(C)C)Cc1nc2nc(N)[nH]c(=O)c2[nH]1. The van der Waals surface area contributed by atoms with E-state index in [0.717, 1.165) is 25.7 Å². The van der Waals surface area contributed by atoms with Crippen LogP contribution in [0.1, 0.15) is 71.5 Å². The van der Waals surface area contributed by atoms with Gasteiger partial charge in [-0.05, 0) is 18.8 Å². The quantitative estimate of drug-likeness (QED) is 0.220. The predicted molar refractivity (Wildman–Crippen MR) is 129 cm³/mol. The lowest BCUT2D eigenvalue weighted by Crippen LogP contribution is -2.38. The number of aromatic nitrogens is 4. The molecule has 2 atom stereocenters. The van der Waals surface area contributed by atoms with Crippen LogP contribution in [0.25, 0.3) is 11.2 Å². The number of aromatic amines is 2. The minimum atomic E-state index is -0.719. The molecule has 11 nitrogen and oxygen atoms in total. The number of H-pyrrole nitrogens is 2. The highest BCUT2D eigenvalue weighted by Crippen LogP contribution is 2.15. The molecule has 6 N–H and O–H groups in total. The molecule has 0 fully saturated rings. The molecule has 2 rings (SSSR count). The summed E-state index contributed by atoms with van der Waals surface area (Å²) in [6.45, 7) is 6.11. The third-order valence-electron chi connectivity index (χ3n) is 5.64. The second-order valence-corrected chi connectivity index (χ2v) is 8.98. The maximum absolute atomic E-state index is 12.2. The van der Waals surface area contributed by atoms with Gasteiger partial charge in [0.2, 0.25) is 5.95 Å². The van der Waals surface area contributed by atoms with Crippen LogP contribution in [0.2, 0.25) is 0 Å². The van der Waals surface area contributed by atoms with E-state index in [2.05, 4.69) is 26.9 Å². The number of carbonyl (C=O) groups is 2. The largest absolute Gasteiger partial charge is 0.466 e. The van der Waals surface area contributed by atoms with Gasteiger partial charge >= 0.3 is 11.9 Å². The summed E-state index contributed by atoms with van der Waals surface area (Å²) in [6, 6.07) is -0.719. The number of unbranched alkanes of at least 4 members (excludes halogenated alkanes) is 4. The number of ether oxygens (including phenoxy) is 2. The molecule has 2 aromatic heterocycles. The van der Waals surface area contributed by atoms with Gasteiger partial charge in [0.1, 0.15) is 11.9 Å². The summed E-state index contributed by atoms with van der Waals surface area (Å²) < 4.78 is 10.8. The number of nitrogen functional groups attached to an aromatic ring is 1. The fourth-order valence-corrected chi connectivity index (χ4v) is 3.44. The van der Waals surface area contributed by atoms with Crippen LogP contribution < -0.4 is 17.0 Å². The summed E-state index contributed by atoms with van der Waals surface area (Å²) in [4.78, 5) is 50.0. The van der Waals surface area contributed by atoms with E-state index in [1.54, 1.807) is 0 Å². The van der Waals surface area contributed by atoms with Crippen molar-refractivity contribution in [2.75, 3.05) is 18.9 Å². The number of nitrogens with one attached hydrogen (secondary N) is 2. The number of hydrogen-bond donors (Lipinski definition) is 4. The molecule has 0 amide bonds. The van der Waals surface area contributed by atoms with E-state index in [-0.39, 0.29) is 48.1 Å². The molecule has 1 unspecified atom stereocenters. The van der Waals surface area contributed by atoms with E-state index in [1.807, 2.05) is 13.8 Å². The highest BCUT2D eigenvalue weighted by molar-refractivity contribution is 5.75. The Labute approximate surface area is 199 Å². The maximum Gasteiger partial charge on any atom is 0.323 e. The van der Waals surface area contributed by atoms with Crippen molar-refractivity contribution in [3.05, 3.63) is 16.2 Å². The number of anilines is 1. The topological polar surface area (TPSA) is 179 Å². The van der Waals surface area contributed by atoms with Crippen LogP contribution >= 0.6 is 0 Å². The number of esters is 2. The lowest BCUT2D eigenvalue weighted by molar-refractivity contribution is -0.149. The van der Waals surface area contributed by atoms with Gasteiger partial charge in [0.25, 0.3) is 5.56 Å². The van der Waals surface area contributed by atoms with Gasteiger partial charge in [0, 0.05) is 18.8 Å². The van der Waals surface area contributed by atoms with Crippen LogP contribution in [0.15, 0.2) is 4.79 Å². The van der Waals surface area contributed by atoms with Gasteiger partial charge in [-0.1, -0.05) is 46.5 Å². The molecule has 0 aliphatic heterocycles. The van der Waals surface area contributed by atoms with E-state index in [9.17, 15) is 14.4 Å². The van der Waals surface area contributed by atoms with Crippen molar-refractivity contribution in [2.45, 2.75) is 78.2 Å². The monoisotopic (exact) mass is 478 g/mol. The van der Waals surface area contributed by atoms with Gasteiger partial charge in [0.15, 0.2) is 11.2 Å². The Balaban J connectivity index is 1.96. The van der Waals surface area contributed by atoms with E-state index in [1.165, 1.54) is 6.42 Å². The normalized spacial score (nSPS) is 13.2. The first kappa shape index (κ1) is 27.3. The number of nitrogens with two attached hydrogens (primary N) is 2. The second kappa shape index (κ2) is 13.7. The first-order chi connectivity index (χ1) is 16.2. The van der Waals surface area contributed by atoms with Gasteiger partial charge in [0.05, 0.1) is 13.2 Å². The Hall–Kier alpha value is -2.95. The van der Waals surface area contributed by atoms with Gasteiger partial charge in [-0.25, -0.2) is 4.98 Å². The zero-order valence-electron chi connectivity index (χ0n) is 20.4. The summed E-state index contributed by atoms with van der Waals surface area (Å²) in [7, 11) is 0. The zero-order chi connectivity index (χ0) is 25.1. The molecule has 2 aromatic rings. The summed E-state index contributed by atoms with van der Waals surface area (Å²) in [6.07, 6.45) is 6.48.